The van der Waals surface area contributed by atoms with Crippen LogP contribution in [-0.2, 0) is 13.8 Å². The summed E-state index contributed by atoms with van der Waals surface area (Å²) in [5, 5.41) is 0. The molecule has 2 fully saturated rings. The van der Waals surface area contributed by atoms with Crippen LogP contribution < -0.4 is 11.2 Å². The van der Waals surface area contributed by atoms with Crippen LogP contribution in [0.25, 0.3) is 0 Å². The second-order valence-corrected chi connectivity index (χ2v) is 16.5. The van der Waals surface area contributed by atoms with Crippen LogP contribution in [0, 0.1) is 0 Å². The summed E-state index contributed by atoms with van der Waals surface area (Å²) in [6.07, 6.45) is 2.03. The van der Waals surface area contributed by atoms with Gasteiger partial charge in [0.15, 0.2) is 12.4 Å². The van der Waals surface area contributed by atoms with Gasteiger partial charge in [-0.15, -0.1) is 0 Å². The molecule has 3 heterocycles. The molecule has 5 unspecified atom stereocenters. The van der Waals surface area contributed by atoms with Crippen molar-refractivity contribution in [2.45, 2.75) is 122 Å². The van der Waals surface area contributed by atoms with E-state index in [9.17, 15) is 9.59 Å². The van der Waals surface area contributed by atoms with Gasteiger partial charge >= 0.3 is 5.69 Å². The fourth-order valence-electron chi connectivity index (χ4n) is 5.19. The maximum atomic E-state index is 15.8. The lowest BCUT2D eigenvalue weighted by molar-refractivity contribution is -0.0180. The number of alkyl halides is 1. The molecule has 1 aromatic rings. The first-order valence-corrected chi connectivity index (χ1v) is 18.2. The number of aromatic nitrogens is 2. The normalized spacial score (nSPS) is 25.4. The molecular formula is C28H50FN4O5PS2. The summed E-state index contributed by atoms with van der Waals surface area (Å²) in [5.41, 5.74) is -1.34. The molecule has 0 aromatic carbocycles. The van der Waals surface area contributed by atoms with Gasteiger partial charge in [0.05, 0.1) is 12.7 Å². The molecule has 0 bridgehead atoms. The maximum absolute atomic E-state index is 15.8. The summed E-state index contributed by atoms with van der Waals surface area (Å²) in [5.74, 6) is 1.02. The van der Waals surface area contributed by atoms with Crippen LogP contribution >= 0.6 is 30.1 Å². The van der Waals surface area contributed by atoms with Crippen molar-refractivity contribution >= 4 is 30.1 Å². The van der Waals surface area contributed by atoms with Crippen LogP contribution in [0.1, 0.15) is 88.1 Å². The first kappa shape index (κ1) is 33.4. The van der Waals surface area contributed by atoms with E-state index in [0.717, 1.165) is 35.8 Å². The number of aromatic amines is 1. The Labute approximate surface area is 255 Å². The van der Waals surface area contributed by atoms with Gasteiger partial charge in [-0.3, -0.25) is 14.3 Å². The number of nitrogens with one attached hydrogen (secondary N) is 1. The maximum Gasteiger partial charge on any atom is 0.330 e. The number of piperidine rings is 1. The van der Waals surface area contributed by atoms with Crippen LogP contribution in [-0.4, -0.2) is 86.3 Å². The Hall–Kier alpha value is -0.460. The number of hydrogen-bond donors (Lipinski definition) is 1. The lowest BCUT2D eigenvalue weighted by Crippen LogP contribution is -2.39. The predicted molar refractivity (Wildman–Crippen MR) is 169 cm³/mol. The highest BCUT2D eigenvalue weighted by molar-refractivity contribution is 8.77. The molecule has 2 aliphatic rings. The van der Waals surface area contributed by atoms with E-state index in [-0.39, 0.29) is 23.7 Å². The van der Waals surface area contributed by atoms with Crippen molar-refractivity contribution in [1.82, 2.24) is 19.1 Å². The number of H-pyrrole nitrogens is 1. The molecule has 0 radical (unpaired) electrons. The van der Waals surface area contributed by atoms with Gasteiger partial charge in [-0.25, -0.2) is 13.9 Å². The fraction of sp³-hybridized carbons (Fsp3) is 0.857. The second kappa shape index (κ2) is 16.6. The summed E-state index contributed by atoms with van der Waals surface area (Å²) in [7, 11) is 2.22. The van der Waals surface area contributed by atoms with Crippen LogP contribution in [0.5, 0.6) is 0 Å². The quantitative estimate of drug-likeness (QED) is 0.134. The molecule has 2 saturated heterocycles. The SMILES string of the molecule is [2H]CC1OC(n2ccc(=O)[nH]c2=O)C(F)C1OP(OCCCCSSC(C)(C)CN1CCCCC1)N(C(C)C)C(C)C. The average molecular weight is 638 g/mol. The summed E-state index contributed by atoms with van der Waals surface area (Å²) < 4.78 is 45.5. The van der Waals surface area contributed by atoms with E-state index in [1.165, 1.54) is 38.5 Å². The summed E-state index contributed by atoms with van der Waals surface area (Å²) in [6.45, 7) is 16.6. The molecule has 41 heavy (non-hydrogen) atoms. The van der Waals surface area contributed by atoms with Gasteiger partial charge in [-0.05, 0) is 87.2 Å². The van der Waals surface area contributed by atoms with Crippen LogP contribution in [0.3, 0.4) is 0 Å². The molecule has 0 spiro atoms. The first-order valence-electron chi connectivity index (χ1n) is 15.5. The van der Waals surface area contributed by atoms with E-state index in [0.29, 0.717) is 6.61 Å². The second-order valence-electron chi connectivity index (χ2n) is 11.9. The van der Waals surface area contributed by atoms with Crippen LogP contribution in [0.2, 0.25) is 0 Å². The standard InChI is InChI=1S/C28H50FN4O5PS2/c1-20(2)33(21(3)4)39(36-17-11-12-18-40-41-28(6,7)19-31-14-9-8-10-15-31)38-25-22(5)37-26(24(25)29)32-16-13-23(34)30-27(32)35/h13,16,20-22,24-26H,8-12,14-15,17-19H2,1-7H3,(H,30,34,35)/i5D. The number of halogens is 1. The Bertz CT molecular complexity index is 1050. The van der Waals surface area contributed by atoms with Crippen molar-refractivity contribution in [3.63, 3.8) is 0 Å². The van der Waals surface area contributed by atoms with Gasteiger partial charge in [-0.2, -0.15) is 0 Å². The van der Waals surface area contributed by atoms with E-state index in [2.05, 4.69) is 28.4 Å². The van der Waals surface area contributed by atoms with Gasteiger partial charge in [0.2, 0.25) is 0 Å². The predicted octanol–water partition coefficient (Wildman–Crippen LogP) is 5.97. The van der Waals surface area contributed by atoms with E-state index in [1.54, 1.807) is 0 Å². The molecule has 9 nitrogen and oxygen atoms in total. The van der Waals surface area contributed by atoms with Crippen molar-refractivity contribution in [2.24, 2.45) is 0 Å². The van der Waals surface area contributed by atoms with Gasteiger partial charge in [0.1, 0.15) is 6.10 Å². The number of rotatable bonds is 16. The number of likely N-dealkylation sites (tertiary alicyclic amines) is 1. The van der Waals surface area contributed by atoms with Crippen LogP contribution in [0.4, 0.5) is 4.39 Å². The number of ether oxygens (including phenoxy) is 1. The molecule has 13 heteroatoms. The molecule has 1 N–H and O–H groups in total. The lowest BCUT2D eigenvalue weighted by atomic mass is 10.1. The van der Waals surface area contributed by atoms with E-state index in [1.807, 2.05) is 49.3 Å². The Morgan fingerprint density at radius 2 is 1.93 bits per heavy atom. The highest BCUT2D eigenvalue weighted by atomic mass is 33.1. The van der Waals surface area contributed by atoms with Crippen molar-refractivity contribution in [3.8, 4) is 0 Å². The van der Waals surface area contributed by atoms with Gasteiger partial charge in [0.25, 0.3) is 14.1 Å². The topological polar surface area (TPSA) is 89.0 Å². The van der Waals surface area contributed by atoms with E-state index >= 15 is 4.39 Å². The first-order chi connectivity index (χ1) is 19.9. The molecule has 0 amide bonds. The minimum Gasteiger partial charge on any atom is -0.349 e. The zero-order chi connectivity index (χ0) is 30.9. The zero-order valence-electron chi connectivity index (χ0n) is 26.4. The van der Waals surface area contributed by atoms with Gasteiger partial charge in [0, 0.05) is 42.8 Å². The molecule has 5 atom stereocenters. The molecule has 0 aliphatic carbocycles. The minimum absolute atomic E-state index is 0.0812. The molecule has 3 rings (SSSR count). The lowest BCUT2D eigenvalue weighted by Gasteiger charge is -2.37. The van der Waals surface area contributed by atoms with Gasteiger partial charge < -0.3 is 18.7 Å². The Morgan fingerprint density at radius 1 is 1.22 bits per heavy atom. The molecule has 2 aliphatic heterocycles. The molecular weight excluding hydrogens is 586 g/mol. The average Bonchev–Trinajstić information content (AvgIpc) is 3.22. The summed E-state index contributed by atoms with van der Waals surface area (Å²) >= 11 is 0. The zero-order valence-corrected chi connectivity index (χ0v) is 27.9. The third-order valence-electron chi connectivity index (χ3n) is 7.01. The highest BCUT2D eigenvalue weighted by Crippen LogP contribution is 2.50. The van der Waals surface area contributed by atoms with E-state index < -0.39 is 44.4 Å². The molecule has 1 aromatic heterocycles. The third kappa shape index (κ3) is 10.6. The Morgan fingerprint density at radius 3 is 2.56 bits per heavy atom. The monoisotopic (exact) mass is 637 g/mol. The van der Waals surface area contributed by atoms with Crippen molar-refractivity contribution in [3.05, 3.63) is 33.1 Å². The smallest absolute Gasteiger partial charge is 0.330 e. The van der Waals surface area contributed by atoms with Gasteiger partial charge in [-0.1, -0.05) is 28.0 Å². The molecule has 0 saturated carbocycles. The number of hydrogen-bond acceptors (Lipinski definition) is 9. The highest BCUT2D eigenvalue weighted by Gasteiger charge is 2.47. The Kier molecular flexibility index (Phi) is 13.5. The minimum atomic E-state index is -1.72. The number of unbranched alkanes of at least 4 members (excludes halogenated alkanes) is 1. The van der Waals surface area contributed by atoms with Crippen molar-refractivity contribution in [2.75, 3.05) is 32.0 Å². The van der Waals surface area contributed by atoms with Crippen molar-refractivity contribution < 1.29 is 19.5 Å². The summed E-state index contributed by atoms with van der Waals surface area (Å²) in [6, 6.07) is 1.30. The molecule has 236 valence electrons. The van der Waals surface area contributed by atoms with Crippen LogP contribution in [0.15, 0.2) is 21.9 Å². The summed E-state index contributed by atoms with van der Waals surface area (Å²) in [4.78, 5) is 28.5. The van der Waals surface area contributed by atoms with Crippen molar-refractivity contribution in [1.29, 1.82) is 0 Å². The largest absolute Gasteiger partial charge is 0.349 e. The number of nitrogens with zero attached hydrogens (tertiary/aromatic N) is 3. The fourth-order valence-corrected chi connectivity index (χ4v) is 9.67. The van der Waals surface area contributed by atoms with E-state index in [4.69, 9.17) is 15.2 Å². The third-order valence-corrected chi connectivity index (χ3v) is 12.5. The Balaban J connectivity index is 1.55.